The molecule has 0 spiro atoms. The molecule has 2 aliphatic carbocycles. The smallest absolute Gasteiger partial charge is 0.252 e. The molecule has 1 saturated heterocycles. The van der Waals surface area contributed by atoms with Crippen molar-refractivity contribution in [2.24, 2.45) is 0 Å². The number of pyridine rings is 1. The van der Waals surface area contributed by atoms with E-state index < -0.39 is 59.8 Å². The zero-order valence-corrected chi connectivity index (χ0v) is 24.1. The average Bonchev–Trinajstić information content (AvgIpc) is 3.76. The van der Waals surface area contributed by atoms with Crippen LogP contribution in [0.2, 0.25) is 5.02 Å². The average molecular weight is 622 g/mol. The zero-order chi connectivity index (χ0) is 31.2. The molecular formula is C32H27ClF3N5O3. The molecule has 226 valence electrons. The fourth-order valence-electron chi connectivity index (χ4n) is 6.25. The summed E-state index contributed by atoms with van der Waals surface area (Å²) in [5.41, 5.74) is -0.860. The molecule has 1 aliphatic heterocycles. The van der Waals surface area contributed by atoms with Crippen LogP contribution in [-0.4, -0.2) is 40.2 Å². The largest absolute Gasteiger partial charge is 0.352 e. The summed E-state index contributed by atoms with van der Waals surface area (Å²) in [5, 5.41) is 15.1. The van der Waals surface area contributed by atoms with E-state index in [1.54, 1.807) is 18.2 Å². The Morgan fingerprint density at radius 3 is 2.55 bits per heavy atom. The number of halogens is 4. The number of nitrogens with one attached hydrogen (secondary N) is 2. The second-order valence-electron chi connectivity index (χ2n) is 11.6. The van der Waals surface area contributed by atoms with Gasteiger partial charge in [0.2, 0.25) is 11.8 Å². The van der Waals surface area contributed by atoms with Crippen molar-refractivity contribution in [1.29, 1.82) is 5.26 Å². The van der Waals surface area contributed by atoms with Crippen molar-refractivity contribution in [3.63, 3.8) is 0 Å². The molecule has 2 saturated carbocycles. The van der Waals surface area contributed by atoms with E-state index in [1.165, 1.54) is 36.5 Å². The number of nitriles is 1. The summed E-state index contributed by atoms with van der Waals surface area (Å²) in [4.78, 5) is 47.9. The predicted octanol–water partition coefficient (Wildman–Crippen LogP) is 5.83. The third kappa shape index (κ3) is 5.50. The maximum absolute atomic E-state index is 14.7. The van der Waals surface area contributed by atoms with Crippen LogP contribution in [-0.2, 0) is 14.4 Å². The van der Waals surface area contributed by atoms with Crippen LogP contribution < -0.4 is 15.5 Å². The van der Waals surface area contributed by atoms with E-state index in [4.69, 9.17) is 11.6 Å². The van der Waals surface area contributed by atoms with Crippen LogP contribution in [0.3, 0.4) is 0 Å². The summed E-state index contributed by atoms with van der Waals surface area (Å²) in [7, 11) is 0. The fourth-order valence-corrected chi connectivity index (χ4v) is 6.50. The fraction of sp³-hybridized carbons (Fsp3) is 0.344. The lowest BCUT2D eigenvalue weighted by molar-refractivity contribution is -0.136. The summed E-state index contributed by atoms with van der Waals surface area (Å²) < 4.78 is 42.2. The Kier molecular flexibility index (Phi) is 7.58. The Bertz CT molecular complexity index is 1700. The minimum atomic E-state index is -2.93. The van der Waals surface area contributed by atoms with E-state index in [2.05, 4.69) is 15.6 Å². The molecule has 0 radical (unpaired) electrons. The molecular weight excluding hydrogens is 595 g/mol. The van der Waals surface area contributed by atoms with Crippen molar-refractivity contribution >= 4 is 40.8 Å². The van der Waals surface area contributed by atoms with Crippen molar-refractivity contribution in [3.05, 3.63) is 88.3 Å². The van der Waals surface area contributed by atoms with E-state index in [0.29, 0.717) is 5.56 Å². The van der Waals surface area contributed by atoms with Crippen LogP contribution in [0.25, 0.3) is 0 Å². The van der Waals surface area contributed by atoms with Gasteiger partial charge in [0, 0.05) is 42.2 Å². The van der Waals surface area contributed by atoms with Gasteiger partial charge in [0.25, 0.3) is 11.8 Å². The molecule has 6 rings (SSSR count). The van der Waals surface area contributed by atoms with Crippen LogP contribution in [0.1, 0.15) is 67.1 Å². The molecule has 2 atom stereocenters. The van der Waals surface area contributed by atoms with Gasteiger partial charge in [-0.25, -0.2) is 18.2 Å². The van der Waals surface area contributed by atoms with Crippen molar-refractivity contribution < 1.29 is 27.6 Å². The number of alkyl halides is 2. The summed E-state index contributed by atoms with van der Waals surface area (Å²) in [6.45, 7) is 0. The minimum Gasteiger partial charge on any atom is -0.352 e. The predicted molar refractivity (Wildman–Crippen MR) is 156 cm³/mol. The number of carbonyl (C=O) groups excluding carboxylic acids is 3. The zero-order valence-electron chi connectivity index (χ0n) is 23.3. The van der Waals surface area contributed by atoms with E-state index in [0.717, 1.165) is 23.8 Å². The Hall–Kier alpha value is -4.43. The van der Waals surface area contributed by atoms with Gasteiger partial charge in [-0.2, -0.15) is 5.26 Å². The standard InChI is InChI=1S/C32H27ClF3N5O3/c33-25-4-2-1-3-24(25)28(29(43)39-23-15-31(35,36)16-23)32(9-7-27(42)41(32)26-11-18(17-37)8-10-38-26)30(44)40-22-13-20(19-5-6-19)12-21(34)14-22/h1-4,8,10-14,19,23,28H,5-7,9,15-16H2,(H,39,43)(H,40,44)/t28-,32?/m1/s1. The molecule has 2 N–H and O–H groups in total. The molecule has 1 unspecified atom stereocenters. The van der Waals surface area contributed by atoms with Gasteiger partial charge in [0.15, 0.2) is 0 Å². The lowest BCUT2D eigenvalue weighted by Crippen LogP contribution is -2.63. The second kappa shape index (κ2) is 11.2. The van der Waals surface area contributed by atoms with Crippen LogP contribution in [0, 0.1) is 17.1 Å². The highest BCUT2D eigenvalue weighted by atomic mass is 35.5. The summed E-state index contributed by atoms with van der Waals surface area (Å²) in [6, 6.07) is 14.4. The van der Waals surface area contributed by atoms with Crippen LogP contribution in [0.5, 0.6) is 0 Å². The summed E-state index contributed by atoms with van der Waals surface area (Å²) in [6.07, 6.45) is 1.56. The van der Waals surface area contributed by atoms with Crippen molar-refractivity contribution in [2.45, 2.75) is 67.9 Å². The van der Waals surface area contributed by atoms with Gasteiger partial charge in [-0.1, -0.05) is 29.8 Å². The van der Waals surface area contributed by atoms with Crippen LogP contribution >= 0.6 is 11.6 Å². The number of carbonyl (C=O) groups is 3. The molecule has 2 heterocycles. The number of rotatable bonds is 8. The number of hydrogen-bond donors (Lipinski definition) is 2. The first-order valence-corrected chi connectivity index (χ1v) is 14.6. The number of anilines is 2. The van der Waals surface area contributed by atoms with Crippen LogP contribution in [0.4, 0.5) is 24.7 Å². The Morgan fingerprint density at radius 2 is 1.86 bits per heavy atom. The monoisotopic (exact) mass is 621 g/mol. The van der Waals surface area contributed by atoms with Crippen molar-refractivity contribution in [3.8, 4) is 6.07 Å². The summed E-state index contributed by atoms with van der Waals surface area (Å²) >= 11 is 6.62. The molecule has 3 amide bonds. The van der Waals surface area contributed by atoms with Gasteiger partial charge in [0.05, 0.1) is 17.6 Å². The molecule has 44 heavy (non-hydrogen) atoms. The lowest BCUT2D eigenvalue weighted by Gasteiger charge is -2.43. The van der Waals surface area contributed by atoms with Crippen LogP contribution in [0.15, 0.2) is 60.8 Å². The van der Waals surface area contributed by atoms with Crippen molar-refractivity contribution in [1.82, 2.24) is 10.3 Å². The molecule has 1 aromatic heterocycles. The van der Waals surface area contributed by atoms with E-state index in [-0.39, 0.29) is 46.4 Å². The maximum atomic E-state index is 14.7. The highest BCUT2D eigenvalue weighted by Crippen LogP contribution is 2.48. The third-order valence-corrected chi connectivity index (χ3v) is 8.83. The number of amides is 3. The van der Waals surface area contributed by atoms with Gasteiger partial charge < -0.3 is 10.6 Å². The van der Waals surface area contributed by atoms with Gasteiger partial charge >= 0.3 is 0 Å². The van der Waals surface area contributed by atoms with Gasteiger partial charge in [-0.3, -0.25) is 19.3 Å². The molecule has 8 nitrogen and oxygen atoms in total. The van der Waals surface area contributed by atoms with Gasteiger partial charge in [-0.05, 0) is 72.7 Å². The SMILES string of the molecule is N#Cc1ccnc(N2C(=O)CCC2(C(=O)Nc2cc(F)cc(C3CC3)c2)[C@@H](C(=O)NC2CC(F)(F)C2)c2ccccc2Cl)c1. The lowest BCUT2D eigenvalue weighted by atomic mass is 9.74. The molecule has 2 aromatic carbocycles. The number of nitrogens with zero attached hydrogens (tertiary/aromatic N) is 3. The molecule has 12 heteroatoms. The quantitative estimate of drug-likeness (QED) is 0.329. The molecule has 3 aromatic rings. The first-order valence-electron chi connectivity index (χ1n) is 14.2. The summed E-state index contributed by atoms with van der Waals surface area (Å²) in [5.74, 6) is -7.05. The Balaban J connectivity index is 1.51. The van der Waals surface area contributed by atoms with E-state index in [9.17, 15) is 32.8 Å². The highest BCUT2D eigenvalue weighted by molar-refractivity contribution is 6.32. The maximum Gasteiger partial charge on any atom is 0.252 e. The molecule has 3 aliphatic rings. The van der Waals surface area contributed by atoms with E-state index >= 15 is 0 Å². The third-order valence-electron chi connectivity index (χ3n) is 8.48. The number of hydrogen-bond acceptors (Lipinski definition) is 5. The van der Waals surface area contributed by atoms with Crippen molar-refractivity contribution in [2.75, 3.05) is 10.2 Å². The first kappa shape index (κ1) is 29.6. The number of aromatic nitrogens is 1. The van der Waals surface area contributed by atoms with Gasteiger partial charge in [0.1, 0.15) is 17.2 Å². The normalized spacial score (nSPS) is 21.7. The Labute approximate surface area is 256 Å². The number of benzene rings is 2. The minimum absolute atomic E-state index is 0.0559. The van der Waals surface area contributed by atoms with Gasteiger partial charge in [-0.15, -0.1) is 0 Å². The molecule has 0 bridgehead atoms. The Morgan fingerprint density at radius 1 is 1.11 bits per heavy atom. The molecule has 3 fully saturated rings. The first-order chi connectivity index (χ1) is 21.0. The topological polar surface area (TPSA) is 115 Å². The van der Waals surface area contributed by atoms with E-state index in [1.807, 2.05) is 6.07 Å². The highest BCUT2D eigenvalue weighted by Gasteiger charge is 2.61. The second-order valence-corrected chi connectivity index (χ2v) is 12.0.